The van der Waals surface area contributed by atoms with E-state index in [-0.39, 0.29) is 41.5 Å². The fraction of sp³-hybridized carbons (Fsp3) is 0.462. The number of aliphatic hydroxyl groups excluding tert-OH is 2. The molecule has 0 amide bonds. The van der Waals surface area contributed by atoms with E-state index in [0.717, 1.165) is 0 Å². The molecule has 11 heteroatoms. The van der Waals surface area contributed by atoms with E-state index in [1.54, 1.807) is 6.92 Å². The number of ether oxygens (including phenoxy) is 2. The van der Waals surface area contributed by atoms with Crippen molar-refractivity contribution in [2.24, 2.45) is 5.73 Å². The van der Waals surface area contributed by atoms with Gasteiger partial charge in [-0.3, -0.25) is 9.59 Å². The van der Waals surface area contributed by atoms with Crippen molar-refractivity contribution in [3.05, 3.63) is 51.6 Å². The number of carbonyl (C=O) groups is 2. The van der Waals surface area contributed by atoms with Crippen LogP contribution in [-0.2, 0) is 15.9 Å². The second-order valence-corrected chi connectivity index (χ2v) is 10.1. The highest BCUT2D eigenvalue weighted by Gasteiger charge is 2.49. The zero-order valence-corrected chi connectivity index (χ0v) is 20.2. The fourth-order valence-electron chi connectivity index (χ4n) is 5.58. The van der Waals surface area contributed by atoms with Gasteiger partial charge in [-0.25, -0.2) is 0 Å². The van der Waals surface area contributed by atoms with Gasteiger partial charge in [0, 0.05) is 42.0 Å². The molecular weight excluding hydrogens is 486 g/mol. The van der Waals surface area contributed by atoms with Gasteiger partial charge in [-0.1, -0.05) is 12.1 Å². The minimum absolute atomic E-state index is 0.0439. The largest absolute Gasteiger partial charge is 0.507 e. The number of carbonyl (C=O) groups excluding carboxylic acids is 2. The molecule has 1 fully saturated rings. The molecule has 2 aromatic carbocycles. The average molecular weight is 516 g/mol. The highest BCUT2D eigenvalue weighted by molar-refractivity contribution is 6.31. The molecule has 0 bridgehead atoms. The molecule has 0 unspecified atom stereocenters. The van der Waals surface area contributed by atoms with E-state index in [2.05, 4.69) is 0 Å². The standard InChI is InChI=1S/C26H29NO10/c1-9-21(30)13(27)6-16(36-9)37-15-8-26(35,10(2)28)7-12-18(15)25(34)20-19(23(12)32)22(31)11-4-3-5-14(29)17(11)24(20)33/h3-5,9-10,13,15-16,21,28-30,32,34-35H,6-8,27H2,1-2H3/t9-,10+,13-,15-,16+,21-,26-/m0/s1. The number of benzene rings is 2. The zero-order chi connectivity index (χ0) is 27.0. The van der Waals surface area contributed by atoms with Crippen LogP contribution < -0.4 is 5.73 Å². The Labute approximate surface area is 211 Å². The van der Waals surface area contributed by atoms with Crippen LogP contribution in [0.3, 0.4) is 0 Å². The lowest BCUT2D eigenvalue weighted by atomic mass is 9.71. The van der Waals surface area contributed by atoms with E-state index >= 15 is 0 Å². The minimum atomic E-state index is -1.82. The average Bonchev–Trinajstić information content (AvgIpc) is 2.82. The Bertz CT molecular complexity index is 1290. The first-order valence-corrected chi connectivity index (χ1v) is 12.0. The van der Waals surface area contributed by atoms with Gasteiger partial charge < -0.3 is 45.8 Å². The van der Waals surface area contributed by atoms with Crippen LogP contribution in [0.4, 0.5) is 0 Å². The maximum Gasteiger partial charge on any atom is 0.202 e. The van der Waals surface area contributed by atoms with Crippen LogP contribution in [0.15, 0.2) is 18.2 Å². The van der Waals surface area contributed by atoms with Crippen molar-refractivity contribution in [1.29, 1.82) is 0 Å². The van der Waals surface area contributed by atoms with Crippen LogP contribution >= 0.6 is 0 Å². The molecule has 11 nitrogen and oxygen atoms in total. The molecule has 1 heterocycles. The summed E-state index contributed by atoms with van der Waals surface area (Å²) in [6, 6.07) is 3.25. The molecule has 2 aromatic rings. The van der Waals surface area contributed by atoms with E-state index in [9.17, 15) is 40.2 Å². The molecule has 198 valence electrons. The second kappa shape index (κ2) is 8.76. The number of hydrogen-bond donors (Lipinski definition) is 7. The Hall–Kier alpha value is -3.06. The molecule has 5 rings (SSSR count). The maximum atomic E-state index is 13.4. The van der Waals surface area contributed by atoms with Gasteiger partial charge in [0.1, 0.15) is 17.2 Å². The summed E-state index contributed by atoms with van der Waals surface area (Å²) in [5.74, 6) is -3.37. The number of hydrogen-bond acceptors (Lipinski definition) is 11. The van der Waals surface area contributed by atoms with Gasteiger partial charge in [0.2, 0.25) is 5.78 Å². The predicted molar refractivity (Wildman–Crippen MR) is 126 cm³/mol. The fourth-order valence-corrected chi connectivity index (χ4v) is 5.58. The highest BCUT2D eigenvalue weighted by atomic mass is 16.7. The summed E-state index contributed by atoms with van der Waals surface area (Å²) in [6.07, 6.45) is -5.63. The summed E-state index contributed by atoms with van der Waals surface area (Å²) >= 11 is 0. The summed E-state index contributed by atoms with van der Waals surface area (Å²) in [4.78, 5) is 26.7. The van der Waals surface area contributed by atoms with Crippen LogP contribution in [0.5, 0.6) is 17.2 Å². The number of rotatable bonds is 3. The van der Waals surface area contributed by atoms with Gasteiger partial charge in [0.25, 0.3) is 0 Å². The van der Waals surface area contributed by atoms with Crippen molar-refractivity contribution in [3.63, 3.8) is 0 Å². The van der Waals surface area contributed by atoms with Crippen LogP contribution in [0.1, 0.15) is 75.8 Å². The predicted octanol–water partition coefficient (Wildman–Crippen LogP) is 0.518. The summed E-state index contributed by atoms with van der Waals surface area (Å²) in [7, 11) is 0. The number of aromatic hydroxyl groups is 3. The van der Waals surface area contributed by atoms with Gasteiger partial charge in [-0.05, 0) is 19.9 Å². The van der Waals surface area contributed by atoms with Crippen molar-refractivity contribution in [1.82, 2.24) is 0 Å². The number of nitrogens with two attached hydrogens (primary N) is 1. The Kier molecular flexibility index (Phi) is 6.06. The van der Waals surface area contributed by atoms with Crippen molar-refractivity contribution in [3.8, 4) is 17.2 Å². The molecule has 7 atom stereocenters. The lowest BCUT2D eigenvalue weighted by molar-refractivity contribution is -0.250. The van der Waals surface area contributed by atoms with Crippen molar-refractivity contribution in [2.75, 3.05) is 0 Å². The Morgan fingerprint density at radius 3 is 2.43 bits per heavy atom. The van der Waals surface area contributed by atoms with E-state index in [1.807, 2.05) is 0 Å². The highest BCUT2D eigenvalue weighted by Crippen LogP contribution is 2.52. The lowest BCUT2D eigenvalue weighted by Crippen LogP contribution is -2.53. The smallest absolute Gasteiger partial charge is 0.202 e. The topological polar surface area (TPSA) is 200 Å². The van der Waals surface area contributed by atoms with Gasteiger partial charge in [0.15, 0.2) is 12.1 Å². The Morgan fingerprint density at radius 2 is 1.78 bits per heavy atom. The van der Waals surface area contributed by atoms with E-state index in [1.165, 1.54) is 25.1 Å². The number of phenolic OH excluding ortho intramolecular Hbond substituents is 3. The van der Waals surface area contributed by atoms with Crippen LogP contribution in [0.2, 0.25) is 0 Å². The van der Waals surface area contributed by atoms with E-state index in [4.69, 9.17) is 15.2 Å². The third-order valence-corrected chi connectivity index (χ3v) is 7.75. The first-order chi connectivity index (χ1) is 17.4. The normalized spacial score (nSPS) is 31.9. The van der Waals surface area contributed by atoms with Crippen LogP contribution in [-0.4, -0.2) is 78.5 Å². The molecule has 37 heavy (non-hydrogen) atoms. The van der Waals surface area contributed by atoms with Gasteiger partial charge in [-0.15, -0.1) is 0 Å². The molecule has 8 N–H and O–H groups in total. The molecule has 3 aliphatic rings. The van der Waals surface area contributed by atoms with E-state index in [0.29, 0.717) is 0 Å². The first kappa shape index (κ1) is 25.6. The van der Waals surface area contributed by atoms with Gasteiger partial charge in [0.05, 0.1) is 46.7 Å². The minimum Gasteiger partial charge on any atom is -0.507 e. The summed E-state index contributed by atoms with van der Waals surface area (Å²) < 4.78 is 11.8. The molecular formula is C26H29NO10. The molecule has 2 aliphatic carbocycles. The van der Waals surface area contributed by atoms with E-state index < -0.39 is 82.3 Å². The van der Waals surface area contributed by atoms with Crippen LogP contribution in [0, 0.1) is 0 Å². The quantitative estimate of drug-likeness (QED) is 0.240. The molecule has 0 aromatic heterocycles. The van der Waals surface area contributed by atoms with Crippen LogP contribution in [0.25, 0.3) is 0 Å². The summed E-state index contributed by atoms with van der Waals surface area (Å²) in [6.45, 7) is 2.96. The summed E-state index contributed by atoms with van der Waals surface area (Å²) in [5, 5.41) is 64.7. The number of fused-ring (bicyclic) bond motifs is 3. The molecule has 1 saturated heterocycles. The molecule has 0 radical (unpaired) electrons. The number of phenols is 3. The van der Waals surface area contributed by atoms with Gasteiger partial charge in [-0.2, -0.15) is 0 Å². The Morgan fingerprint density at radius 1 is 1.11 bits per heavy atom. The Balaban J connectivity index is 1.67. The van der Waals surface area contributed by atoms with Crippen molar-refractivity contribution < 1.29 is 49.7 Å². The lowest BCUT2D eigenvalue weighted by Gasteiger charge is -2.43. The third-order valence-electron chi connectivity index (χ3n) is 7.75. The first-order valence-electron chi connectivity index (χ1n) is 12.0. The molecule has 0 spiro atoms. The third kappa shape index (κ3) is 3.81. The SMILES string of the molecule is C[C@@H]1O[C@H](O[C@H]2C[C@](O)([C@@H](C)O)Cc3c(O)c4c(c(O)c32)C(=O)c2c(O)cccc2C4=O)C[C@H](N)[C@H]1O. The molecule has 0 saturated carbocycles. The van der Waals surface area contributed by atoms with Crippen molar-refractivity contribution >= 4 is 11.6 Å². The molecule has 1 aliphatic heterocycles. The number of aliphatic hydroxyl groups is 3. The van der Waals surface area contributed by atoms with Gasteiger partial charge >= 0.3 is 0 Å². The number of ketones is 2. The maximum absolute atomic E-state index is 13.4. The monoisotopic (exact) mass is 515 g/mol. The summed E-state index contributed by atoms with van der Waals surface area (Å²) in [5.41, 5.74) is 2.69. The van der Waals surface area contributed by atoms with Crippen molar-refractivity contribution in [2.45, 2.75) is 75.5 Å². The second-order valence-electron chi connectivity index (χ2n) is 10.1. The zero-order valence-electron chi connectivity index (χ0n) is 20.2.